The van der Waals surface area contributed by atoms with Crippen LogP contribution in [0.15, 0.2) is 29.6 Å². The van der Waals surface area contributed by atoms with Gasteiger partial charge in [0.05, 0.1) is 0 Å². The van der Waals surface area contributed by atoms with Gasteiger partial charge >= 0.3 is 0 Å². The van der Waals surface area contributed by atoms with E-state index < -0.39 is 0 Å². The number of aryl methyl sites for hydroxylation is 1. The van der Waals surface area contributed by atoms with Gasteiger partial charge in [0.25, 0.3) is 0 Å². The van der Waals surface area contributed by atoms with Crippen LogP contribution in [-0.2, 0) is 0 Å². The molecule has 0 fully saturated rings. The number of hydrogen-bond donors (Lipinski definition) is 1. The molecule has 0 saturated heterocycles. The first-order valence-corrected chi connectivity index (χ1v) is 6.96. The van der Waals surface area contributed by atoms with E-state index >= 15 is 0 Å². The van der Waals surface area contributed by atoms with Crippen LogP contribution in [0.25, 0.3) is 0 Å². The third-order valence-corrected chi connectivity index (χ3v) is 4.14. The number of hydrogen-bond acceptors (Lipinski definition) is 5. The highest BCUT2D eigenvalue weighted by Crippen LogP contribution is 2.37. The van der Waals surface area contributed by atoms with Gasteiger partial charge in [-0.05, 0) is 36.1 Å². The fourth-order valence-corrected chi connectivity index (χ4v) is 3.01. The molecule has 1 atom stereocenters. The summed E-state index contributed by atoms with van der Waals surface area (Å²) in [5, 5.41) is 2.05. The minimum atomic E-state index is -0.125. The third-order valence-electron chi connectivity index (χ3n) is 3.03. The number of fused-ring (bicyclic) bond motifs is 1. The molecule has 1 unspecified atom stereocenters. The maximum absolute atomic E-state index is 5.96. The Hall–Kier alpha value is -1.72. The number of ether oxygens (including phenoxy) is 3. The van der Waals surface area contributed by atoms with Gasteiger partial charge in [0.1, 0.15) is 11.9 Å². The first kappa shape index (κ1) is 12.3. The van der Waals surface area contributed by atoms with Gasteiger partial charge < -0.3 is 19.9 Å². The summed E-state index contributed by atoms with van der Waals surface area (Å²) in [6.45, 7) is 2.77. The SMILES string of the molecule is Cc1ccsc1C(CN)Oc1ccc2c(c1)OCO2. The van der Waals surface area contributed by atoms with Crippen molar-refractivity contribution in [2.45, 2.75) is 13.0 Å². The van der Waals surface area contributed by atoms with E-state index in [1.54, 1.807) is 11.3 Å². The lowest BCUT2D eigenvalue weighted by Crippen LogP contribution is -2.18. The van der Waals surface area contributed by atoms with Gasteiger partial charge in [-0.25, -0.2) is 0 Å². The van der Waals surface area contributed by atoms with Crippen LogP contribution < -0.4 is 19.9 Å². The van der Waals surface area contributed by atoms with E-state index in [0.717, 1.165) is 17.2 Å². The molecule has 2 aromatic rings. The second-order valence-corrected chi connectivity index (χ2v) is 5.27. The predicted molar refractivity (Wildman–Crippen MR) is 74.0 cm³/mol. The van der Waals surface area contributed by atoms with Crippen molar-refractivity contribution in [3.8, 4) is 17.2 Å². The van der Waals surface area contributed by atoms with Crippen molar-refractivity contribution in [1.29, 1.82) is 0 Å². The molecule has 2 heterocycles. The Bertz CT molecular complexity index is 582. The Balaban J connectivity index is 1.81. The van der Waals surface area contributed by atoms with E-state index in [1.807, 2.05) is 18.2 Å². The smallest absolute Gasteiger partial charge is 0.231 e. The minimum absolute atomic E-state index is 0.125. The van der Waals surface area contributed by atoms with E-state index in [1.165, 1.54) is 10.4 Å². The van der Waals surface area contributed by atoms with Crippen molar-refractivity contribution in [3.05, 3.63) is 40.1 Å². The van der Waals surface area contributed by atoms with E-state index in [9.17, 15) is 0 Å². The molecule has 0 aliphatic carbocycles. The summed E-state index contributed by atoms with van der Waals surface area (Å²) < 4.78 is 16.6. The second-order valence-electron chi connectivity index (χ2n) is 4.33. The summed E-state index contributed by atoms with van der Waals surface area (Å²) in [6, 6.07) is 7.64. The molecule has 2 N–H and O–H groups in total. The molecule has 0 amide bonds. The zero-order valence-corrected chi connectivity index (χ0v) is 11.4. The van der Waals surface area contributed by atoms with Gasteiger partial charge in [-0.3, -0.25) is 0 Å². The number of rotatable bonds is 4. The van der Waals surface area contributed by atoms with Crippen molar-refractivity contribution in [1.82, 2.24) is 0 Å². The highest BCUT2D eigenvalue weighted by molar-refractivity contribution is 7.10. The van der Waals surface area contributed by atoms with Gasteiger partial charge in [0, 0.05) is 17.5 Å². The molecule has 1 aliphatic heterocycles. The molecule has 19 heavy (non-hydrogen) atoms. The highest BCUT2D eigenvalue weighted by Gasteiger charge is 2.18. The maximum Gasteiger partial charge on any atom is 0.231 e. The van der Waals surface area contributed by atoms with Gasteiger partial charge in [-0.1, -0.05) is 0 Å². The Kier molecular flexibility index (Phi) is 3.31. The summed E-state index contributed by atoms with van der Waals surface area (Å²) in [4.78, 5) is 1.17. The van der Waals surface area contributed by atoms with Gasteiger partial charge in [-0.15, -0.1) is 11.3 Å². The van der Waals surface area contributed by atoms with Crippen LogP contribution in [0.4, 0.5) is 0 Å². The molecule has 5 heteroatoms. The molecule has 0 bridgehead atoms. The van der Waals surface area contributed by atoms with Crippen molar-refractivity contribution >= 4 is 11.3 Å². The van der Waals surface area contributed by atoms with E-state index in [4.69, 9.17) is 19.9 Å². The first-order valence-electron chi connectivity index (χ1n) is 6.08. The number of benzene rings is 1. The Morgan fingerprint density at radius 2 is 2.16 bits per heavy atom. The highest BCUT2D eigenvalue weighted by atomic mass is 32.1. The molecule has 1 aliphatic rings. The Labute approximate surface area is 115 Å². The summed E-state index contributed by atoms with van der Waals surface area (Å²) in [5.74, 6) is 2.22. The molecule has 1 aromatic heterocycles. The normalized spacial score (nSPS) is 14.4. The van der Waals surface area contributed by atoms with Crippen LogP contribution in [0.1, 0.15) is 16.5 Å². The van der Waals surface area contributed by atoms with Gasteiger partial charge in [0.2, 0.25) is 6.79 Å². The lowest BCUT2D eigenvalue weighted by molar-refractivity contribution is 0.173. The maximum atomic E-state index is 5.96. The lowest BCUT2D eigenvalue weighted by Gasteiger charge is -2.17. The van der Waals surface area contributed by atoms with Crippen molar-refractivity contribution in [2.24, 2.45) is 5.73 Å². The second kappa shape index (κ2) is 5.11. The fourth-order valence-electron chi connectivity index (χ4n) is 2.04. The average Bonchev–Trinajstić information content (AvgIpc) is 3.04. The van der Waals surface area contributed by atoms with Gasteiger partial charge in [0.15, 0.2) is 11.5 Å². The average molecular weight is 277 g/mol. The largest absolute Gasteiger partial charge is 0.483 e. The van der Waals surface area contributed by atoms with Crippen LogP contribution in [-0.4, -0.2) is 13.3 Å². The van der Waals surface area contributed by atoms with Crippen LogP contribution in [0.3, 0.4) is 0 Å². The molecule has 0 spiro atoms. The van der Waals surface area contributed by atoms with Crippen molar-refractivity contribution in [3.63, 3.8) is 0 Å². The molecule has 0 radical (unpaired) electrons. The first-order chi connectivity index (χ1) is 9.28. The summed E-state index contributed by atoms with van der Waals surface area (Å²) in [6.07, 6.45) is -0.125. The van der Waals surface area contributed by atoms with Crippen LogP contribution in [0, 0.1) is 6.92 Å². The quantitative estimate of drug-likeness (QED) is 0.933. The van der Waals surface area contributed by atoms with E-state index in [2.05, 4.69) is 18.4 Å². The molecule has 3 rings (SSSR count). The zero-order valence-electron chi connectivity index (χ0n) is 10.6. The van der Waals surface area contributed by atoms with E-state index in [-0.39, 0.29) is 12.9 Å². The number of nitrogens with two attached hydrogens (primary N) is 1. The predicted octanol–water partition coefficient (Wildman–Crippen LogP) is 2.86. The van der Waals surface area contributed by atoms with Crippen molar-refractivity contribution in [2.75, 3.05) is 13.3 Å². The molecule has 4 nitrogen and oxygen atoms in total. The van der Waals surface area contributed by atoms with Crippen molar-refractivity contribution < 1.29 is 14.2 Å². The standard InChI is InChI=1S/C14H15NO3S/c1-9-4-5-19-14(9)13(7-15)18-10-2-3-11-12(6-10)17-8-16-11/h2-6,13H,7-8,15H2,1H3. The summed E-state index contributed by atoms with van der Waals surface area (Å²) in [5.41, 5.74) is 7.03. The number of thiophene rings is 1. The summed E-state index contributed by atoms with van der Waals surface area (Å²) in [7, 11) is 0. The fraction of sp³-hybridized carbons (Fsp3) is 0.286. The molecule has 0 saturated carbocycles. The minimum Gasteiger partial charge on any atom is -0.483 e. The van der Waals surface area contributed by atoms with E-state index in [0.29, 0.717) is 6.54 Å². The topological polar surface area (TPSA) is 53.7 Å². The van der Waals surface area contributed by atoms with Crippen LogP contribution in [0.2, 0.25) is 0 Å². The van der Waals surface area contributed by atoms with Crippen LogP contribution >= 0.6 is 11.3 Å². The monoisotopic (exact) mass is 277 g/mol. The zero-order chi connectivity index (χ0) is 13.2. The van der Waals surface area contributed by atoms with Crippen LogP contribution in [0.5, 0.6) is 17.2 Å². The summed E-state index contributed by atoms with van der Waals surface area (Å²) >= 11 is 1.67. The Morgan fingerprint density at radius 3 is 2.89 bits per heavy atom. The molecule has 1 aromatic carbocycles. The lowest BCUT2D eigenvalue weighted by atomic mass is 10.2. The third kappa shape index (κ3) is 2.39. The van der Waals surface area contributed by atoms with Gasteiger partial charge in [-0.2, -0.15) is 0 Å². The molecular weight excluding hydrogens is 262 g/mol. The Morgan fingerprint density at radius 1 is 1.32 bits per heavy atom. The molecular formula is C14H15NO3S. The molecule has 100 valence electrons.